The van der Waals surface area contributed by atoms with E-state index in [4.69, 9.17) is 4.18 Å². The zero-order valence-corrected chi connectivity index (χ0v) is 16.0. The molecular weight excluding hydrogens is 296 g/mol. The van der Waals surface area contributed by atoms with Gasteiger partial charge in [0.25, 0.3) is 10.1 Å². The van der Waals surface area contributed by atoms with Crippen molar-refractivity contribution < 1.29 is 12.6 Å². The highest BCUT2D eigenvalue weighted by Crippen LogP contribution is 2.26. The topological polar surface area (TPSA) is 43.4 Å². The average Bonchev–Trinajstić information content (AvgIpc) is 2.42. The molecule has 1 aromatic rings. The van der Waals surface area contributed by atoms with E-state index in [-0.39, 0.29) is 17.8 Å². The van der Waals surface area contributed by atoms with Crippen LogP contribution in [0.2, 0.25) is 0 Å². The van der Waals surface area contributed by atoms with Crippen LogP contribution in [0.15, 0.2) is 0 Å². The minimum atomic E-state index is -3.49. The van der Waals surface area contributed by atoms with Gasteiger partial charge in [0.2, 0.25) is 0 Å². The molecule has 1 atom stereocenters. The average molecular weight is 327 g/mol. The summed E-state index contributed by atoms with van der Waals surface area (Å²) in [5, 5.41) is 0. The molecule has 0 aliphatic heterocycles. The standard InChI is InChI=1S/C18H30O3S/c1-11(2)17(8)21-22(19,20)10-9-18-15(6)13(4)12(3)14(5)16(18)7/h11,17H,9-10H2,1-8H3. The third kappa shape index (κ3) is 4.32. The monoisotopic (exact) mass is 326 g/mol. The van der Waals surface area contributed by atoms with Crippen LogP contribution in [-0.4, -0.2) is 20.3 Å². The highest BCUT2D eigenvalue weighted by Gasteiger charge is 2.20. The molecule has 4 heteroatoms. The number of benzene rings is 1. The van der Waals surface area contributed by atoms with Gasteiger partial charge in [-0.25, -0.2) is 0 Å². The molecule has 1 unspecified atom stereocenters. The lowest BCUT2D eigenvalue weighted by Gasteiger charge is -2.20. The van der Waals surface area contributed by atoms with Crippen molar-refractivity contribution in [3.63, 3.8) is 0 Å². The van der Waals surface area contributed by atoms with Crippen molar-refractivity contribution >= 4 is 10.1 Å². The van der Waals surface area contributed by atoms with Crippen LogP contribution in [0.4, 0.5) is 0 Å². The van der Waals surface area contributed by atoms with E-state index in [2.05, 4.69) is 34.6 Å². The van der Waals surface area contributed by atoms with E-state index in [0.29, 0.717) is 6.42 Å². The van der Waals surface area contributed by atoms with E-state index < -0.39 is 10.1 Å². The van der Waals surface area contributed by atoms with Gasteiger partial charge in [-0.15, -0.1) is 0 Å². The Morgan fingerprint density at radius 2 is 1.23 bits per heavy atom. The summed E-state index contributed by atoms with van der Waals surface area (Å²) in [6.45, 7) is 16.2. The molecule has 0 N–H and O–H groups in total. The first-order valence-electron chi connectivity index (χ1n) is 7.94. The minimum absolute atomic E-state index is 0.0354. The second-order valence-electron chi connectivity index (χ2n) is 6.66. The van der Waals surface area contributed by atoms with Crippen LogP contribution in [0.1, 0.15) is 54.2 Å². The van der Waals surface area contributed by atoms with Gasteiger partial charge < -0.3 is 0 Å². The lowest BCUT2D eigenvalue weighted by atomic mass is 9.88. The molecule has 0 aliphatic rings. The lowest BCUT2D eigenvalue weighted by molar-refractivity contribution is 0.178. The molecule has 0 saturated heterocycles. The smallest absolute Gasteiger partial charge is 0.267 e. The molecule has 0 fully saturated rings. The Morgan fingerprint density at radius 3 is 1.64 bits per heavy atom. The summed E-state index contributed by atoms with van der Waals surface area (Å²) in [7, 11) is -3.49. The quantitative estimate of drug-likeness (QED) is 0.737. The molecule has 0 spiro atoms. The Morgan fingerprint density at radius 1 is 0.818 bits per heavy atom. The van der Waals surface area contributed by atoms with Gasteiger partial charge in [0.1, 0.15) is 0 Å². The van der Waals surface area contributed by atoms with E-state index >= 15 is 0 Å². The first-order valence-corrected chi connectivity index (χ1v) is 9.52. The minimum Gasteiger partial charge on any atom is -0.267 e. The molecule has 126 valence electrons. The summed E-state index contributed by atoms with van der Waals surface area (Å²) in [6.07, 6.45) is 0.223. The molecule has 22 heavy (non-hydrogen) atoms. The van der Waals surface area contributed by atoms with Gasteiger partial charge in [0.05, 0.1) is 11.9 Å². The maximum Gasteiger partial charge on any atom is 0.267 e. The first kappa shape index (κ1) is 19.2. The Hall–Kier alpha value is -0.870. The van der Waals surface area contributed by atoms with Crippen LogP contribution in [-0.2, 0) is 20.7 Å². The fraction of sp³-hybridized carbons (Fsp3) is 0.667. The molecule has 3 nitrogen and oxygen atoms in total. The number of hydrogen-bond acceptors (Lipinski definition) is 3. The van der Waals surface area contributed by atoms with Crippen molar-refractivity contribution in [1.29, 1.82) is 0 Å². The largest absolute Gasteiger partial charge is 0.267 e. The van der Waals surface area contributed by atoms with Crippen molar-refractivity contribution in [2.24, 2.45) is 5.92 Å². The molecule has 0 amide bonds. The molecule has 0 aromatic heterocycles. The Kier molecular flexibility index (Phi) is 6.22. The Balaban J connectivity index is 2.98. The summed E-state index contributed by atoms with van der Waals surface area (Å²) >= 11 is 0. The first-order chi connectivity index (χ1) is 9.98. The van der Waals surface area contributed by atoms with Gasteiger partial charge in [-0.05, 0) is 87.3 Å². The molecule has 0 radical (unpaired) electrons. The zero-order valence-electron chi connectivity index (χ0n) is 15.2. The van der Waals surface area contributed by atoms with Crippen LogP contribution in [0.3, 0.4) is 0 Å². The fourth-order valence-corrected chi connectivity index (χ4v) is 3.81. The molecule has 0 heterocycles. The van der Waals surface area contributed by atoms with Crippen molar-refractivity contribution in [2.75, 3.05) is 5.75 Å². The summed E-state index contributed by atoms with van der Waals surface area (Å²) < 4.78 is 29.6. The van der Waals surface area contributed by atoms with Gasteiger partial charge in [-0.2, -0.15) is 8.42 Å². The molecular formula is C18H30O3S. The molecule has 0 bridgehead atoms. The SMILES string of the molecule is Cc1c(C)c(C)c(CCS(=O)(=O)OC(C)C(C)C)c(C)c1C. The van der Waals surface area contributed by atoms with Crippen molar-refractivity contribution in [1.82, 2.24) is 0 Å². The van der Waals surface area contributed by atoms with Crippen molar-refractivity contribution in [3.8, 4) is 0 Å². The van der Waals surface area contributed by atoms with E-state index in [0.717, 1.165) is 5.56 Å². The number of hydrogen-bond donors (Lipinski definition) is 0. The highest BCUT2D eigenvalue weighted by molar-refractivity contribution is 7.86. The molecule has 0 aliphatic carbocycles. The second kappa shape index (κ2) is 7.14. The lowest BCUT2D eigenvalue weighted by Crippen LogP contribution is -2.23. The third-order valence-corrected chi connectivity index (χ3v) is 6.30. The highest BCUT2D eigenvalue weighted by atomic mass is 32.2. The van der Waals surface area contributed by atoms with Gasteiger partial charge >= 0.3 is 0 Å². The van der Waals surface area contributed by atoms with Gasteiger partial charge in [-0.3, -0.25) is 4.18 Å². The van der Waals surface area contributed by atoms with Gasteiger partial charge in [-0.1, -0.05) is 13.8 Å². The Bertz CT molecular complexity index is 614. The van der Waals surface area contributed by atoms with Crippen LogP contribution in [0.25, 0.3) is 0 Å². The summed E-state index contributed by atoms with van der Waals surface area (Å²) in [6, 6.07) is 0. The fourth-order valence-electron chi connectivity index (χ4n) is 2.57. The Labute approximate surface area is 136 Å². The van der Waals surface area contributed by atoms with Crippen molar-refractivity contribution in [2.45, 2.75) is 67.9 Å². The predicted molar refractivity (Wildman–Crippen MR) is 93.0 cm³/mol. The third-order valence-electron chi connectivity index (χ3n) is 4.99. The predicted octanol–water partition coefficient (Wildman–Crippen LogP) is 4.16. The van der Waals surface area contributed by atoms with Crippen molar-refractivity contribution in [3.05, 3.63) is 33.4 Å². The second-order valence-corrected chi connectivity index (χ2v) is 8.38. The molecule has 0 saturated carbocycles. The van der Waals surface area contributed by atoms with E-state index in [9.17, 15) is 8.42 Å². The van der Waals surface area contributed by atoms with Crippen LogP contribution >= 0.6 is 0 Å². The molecule has 1 rings (SSSR count). The van der Waals surface area contributed by atoms with Crippen LogP contribution in [0, 0.1) is 40.5 Å². The normalized spacial score (nSPS) is 13.7. The van der Waals surface area contributed by atoms with E-state index in [1.807, 2.05) is 13.8 Å². The van der Waals surface area contributed by atoms with Crippen LogP contribution < -0.4 is 0 Å². The summed E-state index contributed by atoms with van der Waals surface area (Å²) in [5.41, 5.74) is 7.36. The number of rotatable bonds is 6. The van der Waals surface area contributed by atoms with E-state index in [1.54, 1.807) is 6.92 Å². The van der Waals surface area contributed by atoms with E-state index in [1.165, 1.54) is 27.8 Å². The maximum absolute atomic E-state index is 12.2. The summed E-state index contributed by atoms with van der Waals surface area (Å²) in [4.78, 5) is 0. The summed E-state index contributed by atoms with van der Waals surface area (Å²) in [5.74, 6) is 0.218. The van der Waals surface area contributed by atoms with Crippen LogP contribution in [0.5, 0.6) is 0 Å². The zero-order chi connectivity index (χ0) is 17.2. The van der Waals surface area contributed by atoms with Gasteiger partial charge in [0.15, 0.2) is 0 Å². The molecule has 1 aromatic carbocycles. The maximum atomic E-state index is 12.2. The van der Waals surface area contributed by atoms with Gasteiger partial charge in [0, 0.05) is 0 Å².